The van der Waals surface area contributed by atoms with Gasteiger partial charge in [0.2, 0.25) is 5.16 Å². The van der Waals surface area contributed by atoms with Crippen LogP contribution in [0.3, 0.4) is 0 Å². The van der Waals surface area contributed by atoms with Gasteiger partial charge in [-0.3, -0.25) is 0 Å². The van der Waals surface area contributed by atoms with E-state index in [1.165, 1.54) is 16.4 Å². The molecule has 0 bridgehead atoms. The van der Waals surface area contributed by atoms with E-state index in [2.05, 4.69) is 10.2 Å². The molecule has 2 heterocycles. The van der Waals surface area contributed by atoms with Crippen molar-refractivity contribution in [1.82, 2.24) is 14.9 Å². The number of nitrogens with two attached hydrogens (primary N) is 1. The minimum Gasteiger partial charge on any atom is -0.336 e. The van der Waals surface area contributed by atoms with Crippen molar-refractivity contribution in [3.63, 3.8) is 0 Å². The van der Waals surface area contributed by atoms with E-state index in [4.69, 9.17) is 5.84 Å². The SMILES string of the molecule is CCCc1nnc(SC2CCS(=O)(=O)C2)n1N. The summed E-state index contributed by atoms with van der Waals surface area (Å²) in [4.78, 5) is 0. The predicted molar refractivity (Wildman–Crippen MR) is 67.1 cm³/mol. The van der Waals surface area contributed by atoms with Crippen LogP contribution >= 0.6 is 11.8 Å². The minimum absolute atomic E-state index is 0.0565. The zero-order valence-corrected chi connectivity index (χ0v) is 11.3. The average Bonchev–Trinajstić information content (AvgIpc) is 2.76. The monoisotopic (exact) mass is 276 g/mol. The Morgan fingerprint density at radius 2 is 2.29 bits per heavy atom. The van der Waals surface area contributed by atoms with Crippen LogP contribution in [0.1, 0.15) is 25.6 Å². The summed E-state index contributed by atoms with van der Waals surface area (Å²) in [6.07, 6.45) is 2.41. The lowest BCUT2D eigenvalue weighted by Gasteiger charge is -2.06. The molecule has 6 nitrogen and oxygen atoms in total. The topological polar surface area (TPSA) is 90.9 Å². The first-order valence-electron chi connectivity index (χ1n) is 5.58. The summed E-state index contributed by atoms with van der Waals surface area (Å²) < 4.78 is 24.1. The lowest BCUT2D eigenvalue weighted by atomic mass is 10.3. The van der Waals surface area contributed by atoms with Crippen LogP contribution in [0.5, 0.6) is 0 Å². The molecule has 96 valence electrons. The lowest BCUT2D eigenvalue weighted by molar-refractivity contribution is 0.602. The Labute approximate surface area is 105 Å². The van der Waals surface area contributed by atoms with Gasteiger partial charge in [0.25, 0.3) is 0 Å². The zero-order valence-electron chi connectivity index (χ0n) is 9.66. The van der Waals surface area contributed by atoms with E-state index in [1.807, 2.05) is 6.92 Å². The van der Waals surface area contributed by atoms with Gasteiger partial charge in [0, 0.05) is 11.7 Å². The molecule has 1 aromatic heterocycles. The molecule has 0 radical (unpaired) electrons. The van der Waals surface area contributed by atoms with E-state index in [0.29, 0.717) is 11.6 Å². The molecule has 2 N–H and O–H groups in total. The molecular formula is C9H16N4O2S2. The summed E-state index contributed by atoms with van der Waals surface area (Å²) in [5.74, 6) is 7.09. The Bertz CT molecular complexity index is 497. The first-order chi connectivity index (χ1) is 8.02. The molecule has 0 aromatic carbocycles. The largest absolute Gasteiger partial charge is 0.336 e. The van der Waals surface area contributed by atoms with E-state index >= 15 is 0 Å². The van der Waals surface area contributed by atoms with Crippen molar-refractivity contribution in [2.75, 3.05) is 17.3 Å². The van der Waals surface area contributed by atoms with Crippen LogP contribution in [0.15, 0.2) is 5.16 Å². The Balaban J connectivity index is 2.05. The number of nitrogens with zero attached hydrogens (tertiary/aromatic N) is 3. The number of hydrogen-bond donors (Lipinski definition) is 1. The van der Waals surface area contributed by atoms with Gasteiger partial charge in [0.05, 0.1) is 11.5 Å². The van der Waals surface area contributed by atoms with Crippen molar-refractivity contribution >= 4 is 21.6 Å². The van der Waals surface area contributed by atoms with Crippen LogP contribution < -0.4 is 5.84 Å². The maximum Gasteiger partial charge on any atom is 0.210 e. The van der Waals surface area contributed by atoms with Crippen LogP contribution in [0.25, 0.3) is 0 Å². The fraction of sp³-hybridized carbons (Fsp3) is 0.778. The molecule has 1 aliphatic rings. The van der Waals surface area contributed by atoms with Gasteiger partial charge in [-0.15, -0.1) is 10.2 Å². The van der Waals surface area contributed by atoms with Crippen LogP contribution in [-0.2, 0) is 16.3 Å². The van der Waals surface area contributed by atoms with Gasteiger partial charge in [-0.1, -0.05) is 18.7 Å². The van der Waals surface area contributed by atoms with Crippen molar-refractivity contribution < 1.29 is 8.42 Å². The second kappa shape index (κ2) is 4.85. The highest BCUT2D eigenvalue weighted by molar-refractivity contribution is 8.01. The van der Waals surface area contributed by atoms with Crippen molar-refractivity contribution in [3.8, 4) is 0 Å². The van der Waals surface area contributed by atoms with Crippen molar-refractivity contribution in [2.24, 2.45) is 0 Å². The van der Waals surface area contributed by atoms with Gasteiger partial charge in [-0.05, 0) is 12.8 Å². The fourth-order valence-electron chi connectivity index (χ4n) is 1.78. The number of sulfone groups is 1. The molecule has 1 aromatic rings. The first-order valence-corrected chi connectivity index (χ1v) is 8.28. The van der Waals surface area contributed by atoms with Gasteiger partial charge >= 0.3 is 0 Å². The number of thioether (sulfide) groups is 1. The Morgan fingerprint density at radius 3 is 2.88 bits per heavy atom. The standard InChI is InChI=1S/C9H16N4O2S2/c1-2-3-8-11-12-9(13(8)10)16-7-4-5-17(14,15)6-7/h7H,2-6,10H2,1H3. The molecule has 1 atom stereocenters. The molecule has 17 heavy (non-hydrogen) atoms. The number of hydrogen-bond acceptors (Lipinski definition) is 6. The summed E-state index contributed by atoms with van der Waals surface area (Å²) >= 11 is 1.41. The second-order valence-electron chi connectivity index (χ2n) is 4.16. The third-order valence-corrected chi connectivity index (χ3v) is 5.88. The quantitative estimate of drug-likeness (QED) is 0.791. The van der Waals surface area contributed by atoms with Crippen molar-refractivity contribution in [1.29, 1.82) is 0 Å². The first kappa shape index (κ1) is 12.7. The average molecular weight is 276 g/mol. The number of nitrogen functional groups attached to an aromatic ring is 1. The Morgan fingerprint density at radius 1 is 1.53 bits per heavy atom. The molecule has 2 rings (SSSR count). The van der Waals surface area contributed by atoms with Crippen molar-refractivity contribution in [3.05, 3.63) is 5.82 Å². The van der Waals surface area contributed by atoms with Gasteiger partial charge < -0.3 is 5.84 Å². The summed E-state index contributed by atoms with van der Waals surface area (Å²) in [7, 11) is -2.85. The molecule has 1 aliphatic heterocycles. The van der Waals surface area contributed by atoms with Crippen LogP contribution in [-0.4, -0.2) is 40.0 Å². The summed E-state index contributed by atoms with van der Waals surface area (Å²) in [6.45, 7) is 2.05. The van der Waals surface area contributed by atoms with E-state index < -0.39 is 9.84 Å². The predicted octanol–water partition coefficient (Wildman–Crippen LogP) is 0.224. The maximum atomic E-state index is 11.3. The van der Waals surface area contributed by atoms with Crippen LogP contribution in [0.4, 0.5) is 0 Å². The molecule has 1 fully saturated rings. The molecule has 0 spiro atoms. The zero-order chi connectivity index (χ0) is 12.5. The molecule has 0 saturated carbocycles. The van der Waals surface area contributed by atoms with Crippen molar-refractivity contribution in [2.45, 2.75) is 36.6 Å². The lowest BCUT2D eigenvalue weighted by Crippen LogP contribution is -2.15. The maximum absolute atomic E-state index is 11.3. The van der Waals surface area contributed by atoms with Gasteiger partial charge in [-0.25, -0.2) is 13.1 Å². The highest BCUT2D eigenvalue weighted by Crippen LogP contribution is 2.29. The molecule has 8 heteroatoms. The smallest absolute Gasteiger partial charge is 0.210 e. The van der Waals surface area contributed by atoms with Gasteiger partial charge in [-0.2, -0.15) is 0 Å². The molecule has 0 amide bonds. The third-order valence-electron chi connectivity index (χ3n) is 2.67. The van der Waals surface area contributed by atoms with Crippen LogP contribution in [0, 0.1) is 0 Å². The number of aromatic nitrogens is 3. The van der Waals surface area contributed by atoms with E-state index in [-0.39, 0.29) is 16.8 Å². The highest BCUT2D eigenvalue weighted by atomic mass is 32.2. The van der Waals surface area contributed by atoms with E-state index in [1.54, 1.807) is 0 Å². The fourth-order valence-corrected chi connectivity index (χ4v) is 5.21. The molecule has 1 saturated heterocycles. The van der Waals surface area contributed by atoms with Crippen LogP contribution in [0.2, 0.25) is 0 Å². The molecule has 0 aliphatic carbocycles. The summed E-state index contributed by atoms with van der Waals surface area (Å²) in [6, 6.07) is 0. The molecule has 1 unspecified atom stereocenters. The molecular weight excluding hydrogens is 260 g/mol. The normalized spacial score (nSPS) is 23.0. The minimum atomic E-state index is -2.85. The van der Waals surface area contributed by atoms with Gasteiger partial charge in [0.15, 0.2) is 15.7 Å². The Hall–Kier alpha value is -0.760. The van der Waals surface area contributed by atoms with Gasteiger partial charge in [0.1, 0.15) is 0 Å². The van der Waals surface area contributed by atoms with E-state index in [9.17, 15) is 8.42 Å². The number of aryl methyl sites for hydroxylation is 1. The third kappa shape index (κ3) is 2.92. The summed E-state index contributed by atoms with van der Waals surface area (Å²) in [5.41, 5.74) is 0. The highest BCUT2D eigenvalue weighted by Gasteiger charge is 2.30. The second-order valence-corrected chi connectivity index (χ2v) is 7.66. The number of rotatable bonds is 4. The summed E-state index contributed by atoms with van der Waals surface area (Å²) in [5, 5.41) is 8.67. The Kier molecular flexibility index (Phi) is 3.62. The van der Waals surface area contributed by atoms with E-state index in [0.717, 1.165) is 18.7 Å².